The number of aromatic nitrogens is 4. The van der Waals surface area contributed by atoms with E-state index in [1.54, 1.807) is 12.5 Å². The molecular formula is C23H22ClN5O2. The standard InChI is InChI=1S/C23H22ClN5O2/c24-18-4-5-20-17(11-18)12-23(30-9-10-31-23)13-21-26-27-22(29(20)21)16-6-8-28(14-16)15-19-3-1-2-7-25-19/h1-5,7,9-11,16H,6,8,12-15H2/t16-/m0/s1. The molecule has 3 aromatic rings. The van der Waals surface area contributed by atoms with Crippen LogP contribution in [-0.2, 0) is 28.9 Å². The van der Waals surface area contributed by atoms with Crippen molar-refractivity contribution >= 4 is 11.6 Å². The third-order valence-electron chi connectivity index (χ3n) is 6.30. The molecule has 158 valence electrons. The molecule has 1 fully saturated rings. The molecule has 3 aliphatic rings. The molecule has 6 rings (SSSR count). The summed E-state index contributed by atoms with van der Waals surface area (Å²) < 4.78 is 14.0. The van der Waals surface area contributed by atoms with Gasteiger partial charge in [0.25, 0.3) is 5.79 Å². The first-order valence-corrected chi connectivity index (χ1v) is 10.9. The highest BCUT2D eigenvalue weighted by Gasteiger charge is 2.43. The molecule has 0 bridgehead atoms. The Labute approximate surface area is 185 Å². The molecule has 1 aromatic carbocycles. The maximum absolute atomic E-state index is 6.34. The summed E-state index contributed by atoms with van der Waals surface area (Å²) in [4.78, 5) is 6.90. The molecule has 2 aromatic heterocycles. The second-order valence-corrected chi connectivity index (χ2v) is 8.83. The van der Waals surface area contributed by atoms with Gasteiger partial charge in [0.05, 0.1) is 24.2 Å². The monoisotopic (exact) mass is 435 g/mol. The third kappa shape index (κ3) is 3.38. The molecular weight excluding hydrogens is 414 g/mol. The Morgan fingerprint density at radius 2 is 2.00 bits per heavy atom. The fourth-order valence-corrected chi connectivity index (χ4v) is 5.08. The average molecular weight is 436 g/mol. The maximum Gasteiger partial charge on any atom is 0.260 e. The summed E-state index contributed by atoms with van der Waals surface area (Å²) in [6, 6.07) is 12.0. The summed E-state index contributed by atoms with van der Waals surface area (Å²) in [5.41, 5.74) is 3.21. The topological polar surface area (TPSA) is 65.3 Å². The molecule has 1 spiro atoms. The van der Waals surface area contributed by atoms with E-state index in [0.717, 1.165) is 54.6 Å². The van der Waals surface area contributed by atoms with E-state index in [-0.39, 0.29) is 0 Å². The summed E-state index contributed by atoms with van der Waals surface area (Å²) in [7, 11) is 0. The van der Waals surface area contributed by atoms with E-state index in [9.17, 15) is 0 Å². The van der Waals surface area contributed by atoms with Crippen LogP contribution in [-0.4, -0.2) is 43.5 Å². The number of benzene rings is 1. The van der Waals surface area contributed by atoms with Crippen molar-refractivity contribution in [2.45, 2.75) is 37.5 Å². The van der Waals surface area contributed by atoms with Crippen molar-refractivity contribution in [1.29, 1.82) is 0 Å². The Balaban J connectivity index is 1.34. The minimum absolute atomic E-state index is 0.297. The van der Waals surface area contributed by atoms with Crippen molar-refractivity contribution in [1.82, 2.24) is 24.6 Å². The van der Waals surface area contributed by atoms with Gasteiger partial charge in [0, 0.05) is 30.2 Å². The lowest BCUT2D eigenvalue weighted by Crippen LogP contribution is -2.35. The lowest BCUT2D eigenvalue weighted by molar-refractivity contribution is -0.139. The summed E-state index contributed by atoms with van der Waals surface area (Å²) in [6.45, 7) is 2.79. The SMILES string of the molecule is Clc1ccc2c(c1)CC1(Cc3nnc([C@H]4CCN(Cc5ccccn5)C4)n3-2)OC=CO1. The Morgan fingerprint density at radius 1 is 1.10 bits per heavy atom. The Bertz CT molecular complexity index is 1140. The highest BCUT2D eigenvalue weighted by Crippen LogP contribution is 2.38. The quantitative estimate of drug-likeness (QED) is 0.626. The van der Waals surface area contributed by atoms with Gasteiger partial charge in [-0.15, -0.1) is 10.2 Å². The minimum Gasteiger partial charge on any atom is -0.456 e. The number of nitrogens with zero attached hydrogens (tertiary/aromatic N) is 5. The van der Waals surface area contributed by atoms with Crippen LogP contribution in [0.25, 0.3) is 5.69 Å². The fourth-order valence-electron chi connectivity index (χ4n) is 4.88. The van der Waals surface area contributed by atoms with Crippen LogP contribution in [0, 0.1) is 0 Å². The van der Waals surface area contributed by atoms with E-state index in [2.05, 4.69) is 36.8 Å². The molecule has 7 nitrogen and oxygen atoms in total. The molecule has 5 heterocycles. The number of halogens is 1. The molecule has 0 radical (unpaired) electrons. The predicted molar refractivity (Wildman–Crippen MR) is 115 cm³/mol. The molecule has 31 heavy (non-hydrogen) atoms. The number of pyridine rings is 1. The van der Waals surface area contributed by atoms with Gasteiger partial charge in [-0.05, 0) is 48.9 Å². The minimum atomic E-state index is -0.793. The van der Waals surface area contributed by atoms with Crippen LogP contribution in [0.3, 0.4) is 0 Å². The number of hydrogen-bond acceptors (Lipinski definition) is 6. The molecule has 0 saturated carbocycles. The number of rotatable bonds is 3. The van der Waals surface area contributed by atoms with Crippen LogP contribution in [0.1, 0.15) is 35.2 Å². The van der Waals surface area contributed by atoms with E-state index in [0.29, 0.717) is 23.8 Å². The zero-order valence-electron chi connectivity index (χ0n) is 16.9. The summed E-state index contributed by atoms with van der Waals surface area (Å²) >= 11 is 6.34. The summed E-state index contributed by atoms with van der Waals surface area (Å²) in [5, 5.41) is 9.91. The normalized spacial score (nSPS) is 21.4. The van der Waals surface area contributed by atoms with Gasteiger partial charge in [-0.2, -0.15) is 0 Å². The molecule has 1 atom stereocenters. The van der Waals surface area contributed by atoms with Crippen LogP contribution in [0.5, 0.6) is 0 Å². The third-order valence-corrected chi connectivity index (χ3v) is 6.53. The second kappa shape index (κ2) is 7.35. The molecule has 0 amide bonds. The average Bonchev–Trinajstić information content (AvgIpc) is 3.49. The predicted octanol–water partition coefficient (Wildman–Crippen LogP) is 3.62. The van der Waals surface area contributed by atoms with Crippen LogP contribution in [0.4, 0.5) is 0 Å². The first-order valence-electron chi connectivity index (χ1n) is 10.6. The Kier molecular flexibility index (Phi) is 4.47. The zero-order valence-corrected chi connectivity index (χ0v) is 17.7. The van der Waals surface area contributed by atoms with E-state index in [4.69, 9.17) is 21.1 Å². The largest absolute Gasteiger partial charge is 0.456 e. The van der Waals surface area contributed by atoms with E-state index in [1.165, 1.54) is 0 Å². The summed E-state index contributed by atoms with van der Waals surface area (Å²) in [5.74, 6) is 1.35. The van der Waals surface area contributed by atoms with Crippen molar-refractivity contribution < 1.29 is 9.47 Å². The van der Waals surface area contributed by atoms with Gasteiger partial charge in [-0.3, -0.25) is 14.5 Å². The number of ether oxygens (including phenoxy) is 2. The van der Waals surface area contributed by atoms with Crippen molar-refractivity contribution in [3.63, 3.8) is 0 Å². The van der Waals surface area contributed by atoms with Crippen LogP contribution < -0.4 is 0 Å². The van der Waals surface area contributed by atoms with Gasteiger partial charge in [-0.25, -0.2) is 0 Å². The molecule has 1 saturated heterocycles. The van der Waals surface area contributed by atoms with E-state index >= 15 is 0 Å². The number of fused-ring (bicyclic) bond motifs is 3. The van der Waals surface area contributed by atoms with Crippen molar-refractivity contribution in [2.75, 3.05) is 13.1 Å². The zero-order chi connectivity index (χ0) is 20.8. The van der Waals surface area contributed by atoms with Gasteiger partial charge >= 0.3 is 0 Å². The molecule has 8 heteroatoms. The second-order valence-electron chi connectivity index (χ2n) is 8.40. The smallest absolute Gasteiger partial charge is 0.260 e. The molecule has 3 aliphatic heterocycles. The lowest BCUT2D eigenvalue weighted by Gasteiger charge is -2.25. The van der Waals surface area contributed by atoms with Crippen LogP contribution in [0.2, 0.25) is 5.02 Å². The Hall–Kier alpha value is -2.90. The Morgan fingerprint density at radius 3 is 2.84 bits per heavy atom. The highest BCUT2D eigenvalue weighted by molar-refractivity contribution is 6.30. The van der Waals surface area contributed by atoms with Gasteiger partial charge < -0.3 is 9.47 Å². The maximum atomic E-state index is 6.34. The first-order chi connectivity index (χ1) is 15.2. The van der Waals surface area contributed by atoms with Gasteiger partial charge in [-0.1, -0.05) is 17.7 Å². The van der Waals surface area contributed by atoms with Crippen LogP contribution >= 0.6 is 11.6 Å². The first kappa shape index (κ1) is 18.8. The van der Waals surface area contributed by atoms with Crippen molar-refractivity contribution in [3.8, 4) is 5.69 Å². The number of likely N-dealkylation sites (tertiary alicyclic amines) is 1. The van der Waals surface area contributed by atoms with Gasteiger partial charge in [0.15, 0.2) is 0 Å². The van der Waals surface area contributed by atoms with Gasteiger partial charge in [0.1, 0.15) is 24.2 Å². The molecule has 0 N–H and O–H groups in total. The van der Waals surface area contributed by atoms with Crippen LogP contribution in [0.15, 0.2) is 55.1 Å². The van der Waals surface area contributed by atoms with E-state index < -0.39 is 5.79 Å². The van der Waals surface area contributed by atoms with Gasteiger partial charge in [0.2, 0.25) is 0 Å². The lowest BCUT2D eigenvalue weighted by atomic mass is 10.0. The highest BCUT2D eigenvalue weighted by atomic mass is 35.5. The molecule has 0 unspecified atom stereocenters. The van der Waals surface area contributed by atoms with Crippen molar-refractivity contribution in [3.05, 3.63) is 83.0 Å². The van der Waals surface area contributed by atoms with Crippen molar-refractivity contribution in [2.24, 2.45) is 0 Å². The number of hydrogen-bond donors (Lipinski definition) is 0. The van der Waals surface area contributed by atoms with E-state index in [1.807, 2.05) is 30.5 Å². The summed E-state index contributed by atoms with van der Waals surface area (Å²) in [6.07, 6.45) is 7.20. The molecule has 0 aliphatic carbocycles. The fraction of sp³-hybridized carbons (Fsp3) is 0.348.